The number of amides is 1. The summed E-state index contributed by atoms with van der Waals surface area (Å²) < 4.78 is 10.8. The van der Waals surface area contributed by atoms with E-state index < -0.39 is 12.1 Å². The fourth-order valence-corrected chi connectivity index (χ4v) is 2.65. The molecule has 1 aromatic heterocycles. The van der Waals surface area contributed by atoms with E-state index in [9.17, 15) is 9.59 Å². The van der Waals surface area contributed by atoms with Gasteiger partial charge in [-0.05, 0) is 44.0 Å². The molecule has 0 aliphatic carbocycles. The van der Waals surface area contributed by atoms with E-state index in [1.807, 2.05) is 26.2 Å². The number of esters is 1. The van der Waals surface area contributed by atoms with Crippen molar-refractivity contribution in [3.8, 4) is 5.75 Å². The minimum atomic E-state index is -0.843. The Morgan fingerprint density at radius 2 is 1.88 bits per heavy atom. The Hall–Kier alpha value is -2.41. The van der Waals surface area contributed by atoms with E-state index in [1.165, 1.54) is 0 Å². The zero-order chi connectivity index (χ0) is 19.1. The summed E-state index contributed by atoms with van der Waals surface area (Å²) in [7, 11) is 0. The molecule has 1 atom stereocenters. The van der Waals surface area contributed by atoms with Gasteiger partial charge in [0.25, 0.3) is 5.91 Å². The number of rotatable bonds is 8. The standard InChI is InChI=1S/C19H24N2O4S/c1-12(2)9-20-18(22)13(3)25-19(23)15-5-7-17(8-6-15)24-10-16-11-26-14(4)21-16/h5-8,11-13H,9-10H2,1-4H3,(H,20,22)/t13-/m1/s1. The van der Waals surface area contributed by atoms with Crippen LogP contribution in [0.15, 0.2) is 29.6 Å². The lowest BCUT2D eigenvalue weighted by molar-refractivity contribution is -0.129. The number of benzene rings is 1. The van der Waals surface area contributed by atoms with Crippen LogP contribution in [0.1, 0.15) is 41.8 Å². The molecule has 0 unspecified atom stereocenters. The number of nitrogens with one attached hydrogen (secondary N) is 1. The van der Waals surface area contributed by atoms with Crippen molar-refractivity contribution in [1.29, 1.82) is 0 Å². The average molecular weight is 376 g/mol. The molecule has 26 heavy (non-hydrogen) atoms. The predicted octanol–water partition coefficient (Wildman–Crippen LogP) is 3.35. The minimum absolute atomic E-state index is 0.300. The Kier molecular flexibility index (Phi) is 7.15. The van der Waals surface area contributed by atoms with Crippen molar-refractivity contribution in [2.75, 3.05) is 6.54 Å². The van der Waals surface area contributed by atoms with Gasteiger partial charge in [-0.1, -0.05) is 13.8 Å². The Morgan fingerprint density at radius 1 is 1.19 bits per heavy atom. The molecule has 7 heteroatoms. The number of carbonyl (C=O) groups excluding carboxylic acids is 2. The van der Waals surface area contributed by atoms with Gasteiger partial charge in [0.15, 0.2) is 6.10 Å². The third-order valence-corrected chi connectivity index (χ3v) is 4.30. The second-order valence-electron chi connectivity index (χ2n) is 6.36. The zero-order valence-electron chi connectivity index (χ0n) is 15.4. The highest BCUT2D eigenvalue weighted by Gasteiger charge is 2.18. The number of hydrogen-bond donors (Lipinski definition) is 1. The van der Waals surface area contributed by atoms with E-state index in [1.54, 1.807) is 42.5 Å². The van der Waals surface area contributed by atoms with E-state index in [4.69, 9.17) is 9.47 Å². The van der Waals surface area contributed by atoms with Gasteiger partial charge in [0.05, 0.1) is 16.3 Å². The van der Waals surface area contributed by atoms with Gasteiger partial charge in [0, 0.05) is 11.9 Å². The van der Waals surface area contributed by atoms with Crippen LogP contribution in [-0.4, -0.2) is 29.5 Å². The van der Waals surface area contributed by atoms with E-state index in [-0.39, 0.29) is 5.91 Å². The first kappa shape index (κ1) is 19.9. The molecular formula is C19H24N2O4S. The third-order valence-electron chi connectivity index (χ3n) is 3.48. The van der Waals surface area contributed by atoms with Crippen LogP contribution in [0.2, 0.25) is 0 Å². The molecule has 2 rings (SSSR count). The van der Waals surface area contributed by atoms with Crippen molar-refractivity contribution in [3.05, 3.63) is 45.9 Å². The van der Waals surface area contributed by atoms with Crippen LogP contribution in [0, 0.1) is 12.8 Å². The minimum Gasteiger partial charge on any atom is -0.487 e. The summed E-state index contributed by atoms with van der Waals surface area (Å²) in [4.78, 5) is 28.3. The number of carbonyl (C=O) groups is 2. The number of thiazole rings is 1. The molecule has 0 radical (unpaired) electrons. The second kappa shape index (κ2) is 9.33. The van der Waals surface area contributed by atoms with Crippen molar-refractivity contribution in [1.82, 2.24) is 10.3 Å². The molecular weight excluding hydrogens is 352 g/mol. The van der Waals surface area contributed by atoms with E-state index in [0.717, 1.165) is 10.7 Å². The summed E-state index contributed by atoms with van der Waals surface area (Å²) in [6, 6.07) is 6.62. The molecule has 0 fully saturated rings. The fraction of sp³-hybridized carbons (Fsp3) is 0.421. The largest absolute Gasteiger partial charge is 0.487 e. The van der Waals surface area contributed by atoms with Crippen LogP contribution in [0.5, 0.6) is 5.75 Å². The molecule has 0 saturated heterocycles. The number of aryl methyl sites for hydroxylation is 1. The maximum atomic E-state index is 12.1. The van der Waals surface area contributed by atoms with Gasteiger partial charge in [0.2, 0.25) is 0 Å². The Labute approximate surface area is 157 Å². The smallest absolute Gasteiger partial charge is 0.338 e. The third kappa shape index (κ3) is 6.15. The first-order valence-corrected chi connectivity index (χ1v) is 9.35. The number of aromatic nitrogens is 1. The van der Waals surface area contributed by atoms with Gasteiger partial charge < -0.3 is 14.8 Å². The summed E-state index contributed by atoms with van der Waals surface area (Å²) in [6.45, 7) is 8.42. The maximum Gasteiger partial charge on any atom is 0.338 e. The average Bonchev–Trinajstić information content (AvgIpc) is 3.03. The van der Waals surface area contributed by atoms with Crippen molar-refractivity contribution in [2.45, 2.75) is 40.4 Å². The summed E-state index contributed by atoms with van der Waals surface area (Å²) in [5, 5.41) is 5.69. The van der Waals surface area contributed by atoms with Gasteiger partial charge in [0.1, 0.15) is 12.4 Å². The zero-order valence-corrected chi connectivity index (χ0v) is 16.3. The molecule has 1 amide bonds. The Morgan fingerprint density at radius 3 is 2.46 bits per heavy atom. The van der Waals surface area contributed by atoms with Crippen LogP contribution >= 0.6 is 11.3 Å². The monoisotopic (exact) mass is 376 g/mol. The molecule has 140 valence electrons. The van der Waals surface area contributed by atoms with Gasteiger partial charge in [-0.2, -0.15) is 0 Å². The molecule has 0 bridgehead atoms. The van der Waals surface area contributed by atoms with Crippen molar-refractivity contribution in [2.24, 2.45) is 5.92 Å². The van der Waals surface area contributed by atoms with E-state index >= 15 is 0 Å². The topological polar surface area (TPSA) is 77.5 Å². The fourth-order valence-electron chi connectivity index (χ4n) is 2.05. The number of hydrogen-bond acceptors (Lipinski definition) is 6. The molecule has 0 spiro atoms. The number of nitrogens with zero attached hydrogens (tertiary/aromatic N) is 1. The van der Waals surface area contributed by atoms with Gasteiger partial charge in [-0.3, -0.25) is 4.79 Å². The molecule has 2 aromatic rings. The lowest BCUT2D eigenvalue weighted by Crippen LogP contribution is -2.37. The van der Waals surface area contributed by atoms with Crippen molar-refractivity contribution in [3.63, 3.8) is 0 Å². The lowest BCUT2D eigenvalue weighted by Gasteiger charge is -2.14. The van der Waals surface area contributed by atoms with E-state index in [0.29, 0.717) is 30.4 Å². The molecule has 1 heterocycles. The predicted molar refractivity (Wildman–Crippen MR) is 100 cm³/mol. The molecule has 0 aliphatic rings. The first-order valence-electron chi connectivity index (χ1n) is 8.47. The first-order chi connectivity index (χ1) is 12.3. The lowest BCUT2D eigenvalue weighted by atomic mass is 10.2. The highest BCUT2D eigenvalue weighted by Crippen LogP contribution is 2.16. The second-order valence-corrected chi connectivity index (χ2v) is 7.42. The molecule has 1 N–H and O–H groups in total. The Bertz CT molecular complexity index is 740. The molecule has 0 aliphatic heterocycles. The summed E-state index contributed by atoms with van der Waals surface area (Å²) in [5.74, 6) is 0.127. The maximum absolute atomic E-state index is 12.1. The summed E-state index contributed by atoms with van der Waals surface area (Å²) in [6.07, 6.45) is -0.843. The van der Waals surface area contributed by atoms with E-state index in [2.05, 4.69) is 10.3 Å². The van der Waals surface area contributed by atoms with Crippen LogP contribution in [0.25, 0.3) is 0 Å². The van der Waals surface area contributed by atoms with Gasteiger partial charge >= 0.3 is 5.97 Å². The highest BCUT2D eigenvalue weighted by atomic mass is 32.1. The highest BCUT2D eigenvalue weighted by molar-refractivity contribution is 7.09. The van der Waals surface area contributed by atoms with Crippen molar-refractivity contribution < 1.29 is 19.1 Å². The van der Waals surface area contributed by atoms with Crippen LogP contribution in [0.3, 0.4) is 0 Å². The molecule has 1 aromatic carbocycles. The van der Waals surface area contributed by atoms with Crippen molar-refractivity contribution >= 4 is 23.2 Å². The summed E-state index contributed by atoms with van der Waals surface area (Å²) >= 11 is 1.57. The summed E-state index contributed by atoms with van der Waals surface area (Å²) in [5.41, 5.74) is 1.24. The van der Waals surface area contributed by atoms with Gasteiger partial charge in [-0.25, -0.2) is 9.78 Å². The van der Waals surface area contributed by atoms with Gasteiger partial charge in [-0.15, -0.1) is 11.3 Å². The van der Waals surface area contributed by atoms with Crippen LogP contribution < -0.4 is 10.1 Å². The Balaban J connectivity index is 1.84. The number of ether oxygens (including phenoxy) is 2. The quantitative estimate of drug-likeness (QED) is 0.715. The normalized spacial score (nSPS) is 11.9. The SMILES string of the molecule is Cc1nc(COc2ccc(C(=O)O[C@H](C)C(=O)NCC(C)C)cc2)cs1. The molecule has 0 saturated carbocycles. The van der Waals surface area contributed by atoms with Crippen LogP contribution in [0.4, 0.5) is 0 Å². The van der Waals surface area contributed by atoms with Crippen LogP contribution in [-0.2, 0) is 16.1 Å². The molecule has 6 nitrogen and oxygen atoms in total.